The van der Waals surface area contributed by atoms with Gasteiger partial charge in [0, 0.05) is 17.7 Å². The van der Waals surface area contributed by atoms with Crippen LogP contribution in [0.5, 0.6) is 0 Å². The summed E-state index contributed by atoms with van der Waals surface area (Å²) in [5, 5.41) is 11.6. The van der Waals surface area contributed by atoms with Crippen LogP contribution in [0.25, 0.3) is 11.3 Å². The molecule has 2 aromatic carbocycles. The molecule has 26 heavy (non-hydrogen) atoms. The van der Waals surface area contributed by atoms with Crippen LogP contribution in [-0.2, 0) is 0 Å². The number of halogens is 1. The SMILES string of the molecule is C[C@@H](CNc1ccc(-c2cccc(C(N)=O)c2)nn1)c1ccc(F)cc1. The molecule has 3 N–H and O–H groups in total. The van der Waals surface area contributed by atoms with Crippen LogP contribution in [0.15, 0.2) is 60.7 Å². The number of anilines is 1. The van der Waals surface area contributed by atoms with Crippen LogP contribution in [-0.4, -0.2) is 22.6 Å². The Hall–Kier alpha value is -3.28. The number of carbonyl (C=O) groups excluding carboxylic acids is 1. The highest BCUT2D eigenvalue weighted by Gasteiger charge is 2.08. The van der Waals surface area contributed by atoms with Crippen molar-refractivity contribution in [3.63, 3.8) is 0 Å². The molecule has 0 radical (unpaired) electrons. The third-order valence-electron chi connectivity index (χ3n) is 4.14. The van der Waals surface area contributed by atoms with Gasteiger partial charge in [-0.15, -0.1) is 10.2 Å². The van der Waals surface area contributed by atoms with Crippen LogP contribution < -0.4 is 11.1 Å². The molecule has 1 atom stereocenters. The molecule has 0 unspecified atom stereocenters. The van der Waals surface area contributed by atoms with Gasteiger partial charge in [-0.1, -0.05) is 31.2 Å². The van der Waals surface area contributed by atoms with E-state index in [9.17, 15) is 9.18 Å². The average molecular weight is 350 g/mol. The Morgan fingerprint density at radius 3 is 2.54 bits per heavy atom. The van der Waals surface area contributed by atoms with E-state index in [1.54, 1.807) is 30.3 Å². The second-order valence-corrected chi connectivity index (χ2v) is 6.08. The molecule has 0 aliphatic heterocycles. The summed E-state index contributed by atoms with van der Waals surface area (Å²) in [5.41, 5.74) is 8.22. The number of benzene rings is 2. The van der Waals surface area contributed by atoms with E-state index in [1.165, 1.54) is 12.1 Å². The quantitative estimate of drug-likeness (QED) is 0.712. The molecule has 0 saturated heterocycles. The molecular weight excluding hydrogens is 331 g/mol. The summed E-state index contributed by atoms with van der Waals surface area (Å²) in [6.07, 6.45) is 0. The van der Waals surface area contributed by atoms with E-state index >= 15 is 0 Å². The molecule has 1 heterocycles. The van der Waals surface area contributed by atoms with Crippen LogP contribution in [0, 0.1) is 5.82 Å². The Kier molecular flexibility index (Phi) is 5.22. The summed E-state index contributed by atoms with van der Waals surface area (Å²) < 4.78 is 13.0. The van der Waals surface area contributed by atoms with Crippen molar-refractivity contribution in [1.82, 2.24) is 10.2 Å². The van der Waals surface area contributed by atoms with Gasteiger partial charge in [-0.2, -0.15) is 0 Å². The summed E-state index contributed by atoms with van der Waals surface area (Å²) in [4.78, 5) is 11.3. The summed E-state index contributed by atoms with van der Waals surface area (Å²) in [6.45, 7) is 2.70. The molecule has 5 nitrogen and oxygen atoms in total. The van der Waals surface area contributed by atoms with E-state index in [2.05, 4.69) is 22.4 Å². The fourth-order valence-corrected chi connectivity index (χ4v) is 2.58. The molecule has 3 aromatic rings. The normalized spacial score (nSPS) is 11.8. The van der Waals surface area contributed by atoms with Gasteiger partial charge in [-0.05, 0) is 47.9 Å². The lowest BCUT2D eigenvalue weighted by atomic mass is 10.0. The van der Waals surface area contributed by atoms with Crippen molar-refractivity contribution >= 4 is 11.7 Å². The van der Waals surface area contributed by atoms with Gasteiger partial charge in [0.1, 0.15) is 11.6 Å². The minimum atomic E-state index is -0.479. The lowest BCUT2D eigenvalue weighted by Gasteiger charge is -2.13. The van der Waals surface area contributed by atoms with Crippen LogP contribution in [0.4, 0.5) is 10.2 Å². The number of hydrogen-bond donors (Lipinski definition) is 2. The molecule has 0 bridgehead atoms. The molecule has 0 aliphatic carbocycles. The number of primary amides is 1. The Labute approximate surface area is 151 Å². The van der Waals surface area contributed by atoms with Gasteiger partial charge in [0.25, 0.3) is 0 Å². The molecule has 3 rings (SSSR count). The number of nitrogens with zero attached hydrogens (tertiary/aromatic N) is 2. The van der Waals surface area contributed by atoms with E-state index < -0.39 is 5.91 Å². The molecule has 0 spiro atoms. The summed E-state index contributed by atoms with van der Waals surface area (Å²) in [6, 6.07) is 17.1. The molecule has 0 saturated carbocycles. The van der Waals surface area contributed by atoms with Crippen LogP contribution in [0.3, 0.4) is 0 Å². The maximum absolute atomic E-state index is 13.0. The molecule has 132 valence electrons. The summed E-state index contributed by atoms with van der Waals surface area (Å²) >= 11 is 0. The topological polar surface area (TPSA) is 80.9 Å². The largest absolute Gasteiger partial charge is 0.368 e. The Morgan fingerprint density at radius 1 is 1.12 bits per heavy atom. The van der Waals surface area contributed by atoms with Gasteiger partial charge in [0.2, 0.25) is 5.91 Å². The van der Waals surface area contributed by atoms with E-state index in [0.29, 0.717) is 23.6 Å². The lowest BCUT2D eigenvalue weighted by Crippen LogP contribution is -2.11. The molecule has 6 heteroatoms. The van der Waals surface area contributed by atoms with Gasteiger partial charge >= 0.3 is 0 Å². The number of rotatable bonds is 6. The number of nitrogens with two attached hydrogens (primary N) is 1. The second kappa shape index (κ2) is 7.74. The number of nitrogens with one attached hydrogen (secondary N) is 1. The first-order valence-corrected chi connectivity index (χ1v) is 8.26. The van der Waals surface area contributed by atoms with Gasteiger partial charge in [0.05, 0.1) is 5.69 Å². The predicted molar refractivity (Wildman–Crippen MR) is 99.3 cm³/mol. The zero-order chi connectivity index (χ0) is 18.5. The standard InChI is InChI=1S/C20H19FN4O/c1-13(14-5-7-17(21)8-6-14)12-23-19-10-9-18(24-25-19)15-3-2-4-16(11-15)20(22)26/h2-11,13H,12H2,1H3,(H2,22,26)(H,23,25)/t13-/m0/s1. The molecule has 0 fully saturated rings. The van der Waals surface area contributed by atoms with Crippen molar-refractivity contribution in [2.24, 2.45) is 5.73 Å². The molecule has 0 aliphatic rings. The van der Waals surface area contributed by atoms with Crippen LogP contribution >= 0.6 is 0 Å². The van der Waals surface area contributed by atoms with Gasteiger partial charge in [0.15, 0.2) is 0 Å². The first-order valence-electron chi connectivity index (χ1n) is 8.26. The van der Waals surface area contributed by atoms with E-state index in [1.807, 2.05) is 18.2 Å². The third-order valence-corrected chi connectivity index (χ3v) is 4.14. The maximum atomic E-state index is 13.0. The number of carbonyl (C=O) groups is 1. The van der Waals surface area contributed by atoms with Gasteiger partial charge in [-0.25, -0.2) is 4.39 Å². The minimum absolute atomic E-state index is 0.198. The Morgan fingerprint density at radius 2 is 1.88 bits per heavy atom. The van der Waals surface area contributed by atoms with Crippen molar-refractivity contribution in [2.45, 2.75) is 12.8 Å². The van der Waals surface area contributed by atoms with Crippen molar-refractivity contribution < 1.29 is 9.18 Å². The Balaban J connectivity index is 1.65. The highest BCUT2D eigenvalue weighted by atomic mass is 19.1. The second-order valence-electron chi connectivity index (χ2n) is 6.08. The smallest absolute Gasteiger partial charge is 0.248 e. The zero-order valence-electron chi connectivity index (χ0n) is 14.3. The van der Waals surface area contributed by atoms with Crippen molar-refractivity contribution in [1.29, 1.82) is 0 Å². The minimum Gasteiger partial charge on any atom is -0.368 e. The number of aromatic nitrogens is 2. The molecule has 1 aromatic heterocycles. The van der Waals surface area contributed by atoms with E-state index in [-0.39, 0.29) is 11.7 Å². The summed E-state index contributed by atoms with van der Waals surface area (Å²) in [5.74, 6) is 0.127. The highest BCUT2D eigenvalue weighted by molar-refractivity contribution is 5.93. The molecular formula is C20H19FN4O. The fourth-order valence-electron chi connectivity index (χ4n) is 2.58. The van der Waals surface area contributed by atoms with Crippen molar-refractivity contribution in [2.75, 3.05) is 11.9 Å². The maximum Gasteiger partial charge on any atom is 0.248 e. The highest BCUT2D eigenvalue weighted by Crippen LogP contribution is 2.20. The number of amides is 1. The first kappa shape index (κ1) is 17.5. The summed E-state index contributed by atoms with van der Waals surface area (Å²) in [7, 11) is 0. The van der Waals surface area contributed by atoms with Crippen LogP contribution in [0.2, 0.25) is 0 Å². The van der Waals surface area contributed by atoms with Gasteiger partial charge < -0.3 is 11.1 Å². The van der Waals surface area contributed by atoms with E-state index in [0.717, 1.165) is 11.1 Å². The van der Waals surface area contributed by atoms with Crippen molar-refractivity contribution in [3.05, 3.63) is 77.6 Å². The van der Waals surface area contributed by atoms with Crippen LogP contribution in [0.1, 0.15) is 28.8 Å². The first-order chi connectivity index (χ1) is 12.5. The third kappa shape index (κ3) is 4.22. The molecule has 1 amide bonds. The lowest BCUT2D eigenvalue weighted by molar-refractivity contribution is 0.100. The monoisotopic (exact) mass is 350 g/mol. The zero-order valence-corrected chi connectivity index (χ0v) is 14.3. The van der Waals surface area contributed by atoms with Gasteiger partial charge in [-0.3, -0.25) is 4.79 Å². The number of hydrogen-bond acceptors (Lipinski definition) is 4. The average Bonchev–Trinajstić information content (AvgIpc) is 2.67. The Bertz CT molecular complexity index is 894. The fraction of sp³-hybridized carbons (Fsp3) is 0.150. The van der Waals surface area contributed by atoms with E-state index in [4.69, 9.17) is 5.73 Å². The predicted octanol–water partition coefficient (Wildman–Crippen LogP) is 3.60. The van der Waals surface area contributed by atoms with Crippen molar-refractivity contribution in [3.8, 4) is 11.3 Å².